The van der Waals surface area contributed by atoms with E-state index in [0.717, 1.165) is 39.4 Å². The first-order chi connectivity index (χ1) is 14.3. The molecule has 30 heavy (non-hydrogen) atoms. The van der Waals surface area contributed by atoms with Gasteiger partial charge in [-0.15, -0.1) is 11.3 Å². The molecular weight excluding hydrogens is 394 g/mol. The molecule has 2 aromatic rings. The van der Waals surface area contributed by atoms with Gasteiger partial charge in [0.2, 0.25) is 0 Å². The largest absolute Gasteiger partial charge is 0.463 e. The van der Waals surface area contributed by atoms with Gasteiger partial charge in [0.25, 0.3) is 0 Å². The highest BCUT2D eigenvalue weighted by Crippen LogP contribution is 2.48. The first kappa shape index (κ1) is 20.6. The van der Waals surface area contributed by atoms with Crippen molar-refractivity contribution in [3.63, 3.8) is 0 Å². The third kappa shape index (κ3) is 3.74. The van der Waals surface area contributed by atoms with Crippen molar-refractivity contribution in [3.05, 3.63) is 69.2 Å². The van der Waals surface area contributed by atoms with Crippen LogP contribution >= 0.6 is 11.3 Å². The Labute approximate surface area is 181 Å². The normalized spacial score (nSPS) is 20.7. The molecule has 156 valence electrons. The first-order valence-corrected chi connectivity index (χ1v) is 11.2. The van der Waals surface area contributed by atoms with Crippen LogP contribution in [0.25, 0.3) is 11.1 Å². The molecule has 1 atom stereocenters. The van der Waals surface area contributed by atoms with Crippen LogP contribution in [0.3, 0.4) is 0 Å². The van der Waals surface area contributed by atoms with Crippen molar-refractivity contribution >= 4 is 23.1 Å². The summed E-state index contributed by atoms with van der Waals surface area (Å²) in [7, 11) is 0. The molecule has 0 spiro atoms. The minimum absolute atomic E-state index is 0.0974. The van der Waals surface area contributed by atoms with Gasteiger partial charge < -0.3 is 10.1 Å². The molecule has 4 rings (SSSR count). The number of benzene rings is 1. The van der Waals surface area contributed by atoms with Crippen molar-refractivity contribution in [3.8, 4) is 11.1 Å². The molecule has 1 aliphatic heterocycles. The lowest BCUT2D eigenvalue weighted by Gasteiger charge is -2.39. The number of nitrogens with one attached hydrogen (secondary N) is 1. The molecule has 0 bridgehead atoms. The molecule has 0 saturated heterocycles. The van der Waals surface area contributed by atoms with Crippen LogP contribution in [0.2, 0.25) is 0 Å². The van der Waals surface area contributed by atoms with Crippen LogP contribution in [0, 0.1) is 5.41 Å². The number of rotatable bonds is 4. The van der Waals surface area contributed by atoms with Crippen molar-refractivity contribution in [2.45, 2.75) is 46.5 Å². The van der Waals surface area contributed by atoms with E-state index in [2.05, 4.69) is 42.7 Å². The second kappa shape index (κ2) is 7.88. The maximum absolute atomic E-state index is 13.3. The minimum Gasteiger partial charge on any atom is -0.463 e. The molecule has 0 saturated carbocycles. The van der Waals surface area contributed by atoms with E-state index >= 15 is 0 Å². The molecule has 5 heteroatoms. The summed E-state index contributed by atoms with van der Waals surface area (Å²) in [4.78, 5) is 27.2. The Morgan fingerprint density at radius 2 is 1.93 bits per heavy atom. The lowest BCUT2D eigenvalue weighted by molar-refractivity contribution is -0.138. The maximum atomic E-state index is 13.3. The summed E-state index contributed by atoms with van der Waals surface area (Å²) >= 11 is 1.59. The Kier molecular flexibility index (Phi) is 5.41. The number of allylic oxidation sites excluding steroid dienone is 3. The number of dihydropyridines is 1. The second-order valence-corrected chi connectivity index (χ2v) is 9.70. The predicted octanol–water partition coefficient (Wildman–Crippen LogP) is 5.58. The van der Waals surface area contributed by atoms with Gasteiger partial charge in [-0.25, -0.2) is 4.79 Å². The fourth-order valence-electron chi connectivity index (χ4n) is 4.49. The highest BCUT2D eigenvalue weighted by molar-refractivity contribution is 7.10. The van der Waals surface area contributed by atoms with Gasteiger partial charge in [0, 0.05) is 28.3 Å². The van der Waals surface area contributed by atoms with Gasteiger partial charge in [0.1, 0.15) is 0 Å². The van der Waals surface area contributed by atoms with Crippen LogP contribution in [0.4, 0.5) is 0 Å². The third-order valence-corrected chi connectivity index (χ3v) is 6.74. The number of carbonyl (C=O) groups excluding carboxylic acids is 2. The lowest BCUT2D eigenvalue weighted by Crippen LogP contribution is -2.38. The summed E-state index contributed by atoms with van der Waals surface area (Å²) in [5.41, 5.74) is 5.12. The van der Waals surface area contributed by atoms with E-state index in [4.69, 9.17) is 4.74 Å². The van der Waals surface area contributed by atoms with Gasteiger partial charge in [-0.3, -0.25) is 4.79 Å². The summed E-state index contributed by atoms with van der Waals surface area (Å²) in [6.45, 7) is 8.24. The van der Waals surface area contributed by atoms with Crippen molar-refractivity contribution in [1.82, 2.24) is 5.32 Å². The number of esters is 1. The van der Waals surface area contributed by atoms with Crippen LogP contribution in [-0.2, 0) is 14.3 Å². The van der Waals surface area contributed by atoms with Crippen molar-refractivity contribution in [2.75, 3.05) is 6.61 Å². The van der Waals surface area contributed by atoms with Crippen LogP contribution in [0.15, 0.2) is 64.3 Å². The third-order valence-electron chi connectivity index (χ3n) is 5.75. The number of Topliss-reactive ketones (excluding diaryl/α,β-unsaturated/α-hetero) is 1. The summed E-state index contributed by atoms with van der Waals surface area (Å²) in [6.07, 6.45) is 1.27. The molecular formula is C25H27NO3S. The lowest BCUT2D eigenvalue weighted by atomic mass is 9.70. The zero-order chi connectivity index (χ0) is 21.5. The Morgan fingerprint density at radius 3 is 2.63 bits per heavy atom. The zero-order valence-electron chi connectivity index (χ0n) is 17.9. The fourth-order valence-corrected chi connectivity index (χ4v) is 5.52. The quantitative estimate of drug-likeness (QED) is 0.655. The molecule has 4 nitrogen and oxygen atoms in total. The van der Waals surface area contributed by atoms with Crippen LogP contribution in [0.5, 0.6) is 0 Å². The highest BCUT2D eigenvalue weighted by Gasteiger charge is 2.43. The molecule has 1 aromatic heterocycles. The number of hydrogen-bond acceptors (Lipinski definition) is 5. The van der Waals surface area contributed by atoms with Gasteiger partial charge in [-0.05, 0) is 48.3 Å². The number of hydrogen-bond donors (Lipinski definition) is 1. The maximum Gasteiger partial charge on any atom is 0.336 e. The van der Waals surface area contributed by atoms with Crippen molar-refractivity contribution in [2.24, 2.45) is 5.41 Å². The van der Waals surface area contributed by atoms with E-state index in [1.165, 1.54) is 0 Å². The standard InChI is InChI=1S/C25H27NO3S/c1-5-29-24(28)21-15(2)26-18-12-25(3,4)13-19(27)22(18)23(21)20-11-17(14-30-20)16-9-7-6-8-10-16/h6-11,14,23,26H,5,12-13H2,1-4H3/t23-/m1/s1. The van der Waals surface area contributed by atoms with Gasteiger partial charge in [-0.2, -0.15) is 0 Å². The van der Waals surface area contributed by atoms with Gasteiger partial charge in [-0.1, -0.05) is 44.2 Å². The van der Waals surface area contributed by atoms with Crippen LogP contribution in [0.1, 0.15) is 51.3 Å². The Bertz CT molecular complexity index is 1060. The monoisotopic (exact) mass is 421 g/mol. The number of ether oxygens (including phenoxy) is 1. The number of carbonyl (C=O) groups is 2. The summed E-state index contributed by atoms with van der Waals surface area (Å²) in [5.74, 6) is -0.625. The summed E-state index contributed by atoms with van der Waals surface area (Å²) in [5, 5.41) is 5.47. The van der Waals surface area contributed by atoms with Crippen molar-refractivity contribution in [1.29, 1.82) is 0 Å². The van der Waals surface area contributed by atoms with Crippen molar-refractivity contribution < 1.29 is 14.3 Å². The van der Waals surface area contributed by atoms with Gasteiger partial charge >= 0.3 is 5.97 Å². The zero-order valence-corrected chi connectivity index (χ0v) is 18.7. The average Bonchev–Trinajstić information content (AvgIpc) is 3.16. The molecule has 1 aromatic carbocycles. The topological polar surface area (TPSA) is 55.4 Å². The molecule has 0 radical (unpaired) electrons. The number of ketones is 1. The van der Waals surface area contributed by atoms with Gasteiger partial charge in [0.05, 0.1) is 18.1 Å². The average molecular weight is 422 g/mol. The molecule has 1 aliphatic carbocycles. The van der Waals surface area contributed by atoms with E-state index in [-0.39, 0.29) is 23.1 Å². The Balaban J connectivity index is 1.84. The highest BCUT2D eigenvalue weighted by atomic mass is 32.1. The molecule has 2 heterocycles. The first-order valence-electron chi connectivity index (χ1n) is 10.4. The van der Waals surface area contributed by atoms with Crippen LogP contribution < -0.4 is 5.32 Å². The van der Waals surface area contributed by atoms with Crippen LogP contribution in [-0.4, -0.2) is 18.4 Å². The number of thiophene rings is 1. The molecule has 2 aliphatic rings. The van der Waals surface area contributed by atoms with E-state index in [1.807, 2.05) is 25.1 Å². The van der Waals surface area contributed by atoms with E-state index in [1.54, 1.807) is 18.3 Å². The van der Waals surface area contributed by atoms with E-state index < -0.39 is 0 Å². The predicted molar refractivity (Wildman–Crippen MR) is 120 cm³/mol. The Morgan fingerprint density at radius 1 is 1.20 bits per heavy atom. The smallest absolute Gasteiger partial charge is 0.336 e. The van der Waals surface area contributed by atoms with E-state index in [0.29, 0.717) is 18.6 Å². The summed E-state index contributed by atoms with van der Waals surface area (Å²) < 4.78 is 5.38. The SMILES string of the molecule is CCOC(=O)C1=C(C)NC2=C(C(=O)CC(C)(C)C2)[C@@H]1c1cc(-c2ccccc2)cs1. The minimum atomic E-state index is -0.383. The molecule has 0 fully saturated rings. The van der Waals surface area contributed by atoms with Gasteiger partial charge in [0.15, 0.2) is 5.78 Å². The fraction of sp³-hybridized carbons (Fsp3) is 0.360. The van der Waals surface area contributed by atoms with E-state index in [9.17, 15) is 9.59 Å². The summed E-state index contributed by atoms with van der Waals surface area (Å²) in [6, 6.07) is 12.3. The Hall–Kier alpha value is -2.66. The second-order valence-electron chi connectivity index (χ2n) is 8.75. The molecule has 0 unspecified atom stereocenters. The molecule has 0 amide bonds. The molecule has 1 N–H and O–H groups in total.